The Morgan fingerprint density at radius 3 is 2.42 bits per heavy atom. The van der Waals surface area contributed by atoms with Crippen LogP contribution in [-0.2, 0) is 17.5 Å². The molecule has 1 aromatic rings. The predicted octanol–water partition coefficient (Wildman–Crippen LogP) is 1.45. The number of anilines is 1. The average Bonchev–Trinajstić information content (AvgIpc) is 2.76. The highest BCUT2D eigenvalue weighted by atomic mass is 19.4. The lowest BCUT2D eigenvalue weighted by Crippen LogP contribution is -2.45. The Bertz CT molecular complexity index is 728. The molecule has 2 aliphatic rings. The number of guanidine groups is 1. The molecule has 0 bridgehead atoms. The summed E-state index contributed by atoms with van der Waals surface area (Å²) in [6, 6.07) is 4.02. The van der Waals surface area contributed by atoms with E-state index in [-0.39, 0.29) is 6.54 Å². The first kappa shape index (κ1) is 23.6. The lowest BCUT2D eigenvalue weighted by atomic mass is 10.1. The first-order valence-electron chi connectivity index (χ1n) is 10.7. The van der Waals surface area contributed by atoms with Crippen molar-refractivity contribution in [2.45, 2.75) is 12.7 Å². The van der Waals surface area contributed by atoms with E-state index in [4.69, 9.17) is 4.74 Å². The highest BCUT2D eigenvalue weighted by Crippen LogP contribution is 2.33. The maximum atomic E-state index is 13.3. The molecule has 0 saturated carbocycles. The maximum absolute atomic E-state index is 13.3. The molecule has 31 heavy (non-hydrogen) atoms. The predicted molar refractivity (Wildman–Crippen MR) is 117 cm³/mol. The number of halogens is 3. The van der Waals surface area contributed by atoms with Crippen molar-refractivity contribution in [1.29, 1.82) is 0 Å². The molecule has 2 heterocycles. The summed E-state index contributed by atoms with van der Waals surface area (Å²) in [5.41, 5.74) is 0.838. The van der Waals surface area contributed by atoms with Crippen LogP contribution in [0, 0.1) is 0 Å². The van der Waals surface area contributed by atoms with Crippen molar-refractivity contribution in [3.8, 4) is 0 Å². The van der Waals surface area contributed by atoms with Crippen molar-refractivity contribution >= 4 is 11.6 Å². The highest BCUT2D eigenvalue weighted by molar-refractivity contribution is 5.79. The second kappa shape index (κ2) is 11.0. The molecule has 2 aliphatic heterocycles. The van der Waals surface area contributed by atoms with Gasteiger partial charge in [-0.1, -0.05) is 0 Å². The molecule has 2 saturated heterocycles. The van der Waals surface area contributed by atoms with Gasteiger partial charge in [0, 0.05) is 71.6 Å². The topological polar surface area (TPSA) is 55.4 Å². The molecular weight excluding hydrogens is 409 g/mol. The van der Waals surface area contributed by atoms with Crippen LogP contribution in [0.25, 0.3) is 0 Å². The largest absolute Gasteiger partial charge is 0.416 e. The van der Waals surface area contributed by atoms with Crippen molar-refractivity contribution in [3.05, 3.63) is 29.3 Å². The summed E-state index contributed by atoms with van der Waals surface area (Å²) in [6.07, 6.45) is -4.37. The van der Waals surface area contributed by atoms with Gasteiger partial charge in [0.15, 0.2) is 5.96 Å². The molecule has 2 N–H and O–H groups in total. The number of piperazine rings is 1. The zero-order valence-corrected chi connectivity index (χ0v) is 18.3. The van der Waals surface area contributed by atoms with Crippen LogP contribution in [0.5, 0.6) is 0 Å². The van der Waals surface area contributed by atoms with Crippen molar-refractivity contribution in [2.75, 3.05) is 84.6 Å². The molecule has 174 valence electrons. The second-order valence-corrected chi connectivity index (χ2v) is 7.94. The number of aliphatic imine (C=N–C) groups is 1. The van der Waals surface area contributed by atoms with Crippen LogP contribution in [0.3, 0.4) is 0 Å². The van der Waals surface area contributed by atoms with Gasteiger partial charge < -0.3 is 25.2 Å². The van der Waals surface area contributed by atoms with Gasteiger partial charge in [0.1, 0.15) is 0 Å². The first-order chi connectivity index (χ1) is 14.9. The van der Waals surface area contributed by atoms with E-state index in [1.165, 1.54) is 12.1 Å². The fourth-order valence-corrected chi connectivity index (χ4v) is 3.82. The third-order valence-corrected chi connectivity index (χ3v) is 5.74. The monoisotopic (exact) mass is 442 g/mol. The summed E-state index contributed by atoms with van der Waals surface area (Å²) >= 11 is 0. The van der Waals surface area contributed by atoms with E-state index in [0.29, 0.717) is 18.1 Å². The van der Waals surface area contributed by atoms with Gasteiger partial charge in [0.25, 0.3) is 0 Å². The highest BCUT2D eigenvalue weighted by Gasteiger charge is 2.31. The number of rotatable bonds is 6. The number of hydrogen-bond acceptors (Lipinski definition) is 5. The van der Waals surface area contributed by atoms with Crippen LogP contribution in [0.2, 0.25) is 0 Å². The Labute approximate surface area is 182 Å². The summed E-state index contributed by atoms with van der Waals surface area (Å²) in [7, 11) is 3.72. The van der Waals surface area contributed by atoms with Crippen molar-refractivity contribution in [3.63, 3.8) is 0 Å². The van der Waals surface area contributed by atoms with Gasteiger partial charge in [-0.15, -0.1) is 0 Å². The third kappa shape index (κ3) is 6.98. The number of hydrogen-bond donors (Lipinski definition) is 2. The molecule has 0 unspecified atom stereocenters. The van der Waals surface area contributed by atoms with Crippen molar-refractivity contribution < 1.29 is 17.9 Å². The number of likely N-dealkylation sites (N-methyl/N-ethyl adjacent to an activating group) is 1. The number of nitrogens with zero attached hydrogens (tertiary/aromatic N) is 4. The number of alkyl halides is 3. The number of nitrogens with one attached hydrogen (secondary N) is 2. The van der Waals surface area contributed by atoms with Crippen LogP contribution in [-0.4, -0.2) is 95.4 Å². The molecule has 0 amide bonds. The number of morpholine rings is 1. The normalized spacial score (nSPS) is 19.5. The Morgan fingerprint density at radius 1 is 1.06 bits per heavy atom. The van der Waals surface area contributed by atoms with Crippen LogP contribution >= 0.6 is 0 Å². The fraction of sp³-hybridized carbons (Fsp3) is 0.667. The summed E-state index contributed by atoms with van der Waals surface area (Å²) in [5.74, 6) is 0.579. The Hall–Kier alpha value is -2.04. The minimum Gasteiger partial charge on any atom is -0.379 e. The van der Waals surface area contributed by atoms with Crippen LogP contribution < -0.4 is 15.5 Å². The quantitative estimate of drug-likeness (QED) is 0.514. The van der Waals surface area contributed by atoms with Gasteiger partial charge in [0.2, 0.25) is 0 Å². The van der Waals surface area contributed by atoms with Gasteiger partial charge in [-0.3, -0.25) is 9.89 Å². The molecule has 0 spiro atoms. The van der Waals surface area contributed by atoms with Crippen molar-refractivity contribution in [1.82, 2.24) is 20.4 Å². The Balaban J connectivity index is 1.63. The maximum Gasteiger partial charge on any atom is 0.416 e. The van der Waals surface area contributed by atoms with E-state index in [2.05, 4.69) is 37.4 Å². The minimum absolute atomic E-state index is 0.267. The standard InChI is InChI=1S/C21H33F3N6O/c1-25-20(26-5-6-29-11-13-31-14-12-29)27-16-17-15-18(21(22,23)24)3-4-19(17)30-9-7-28(2)8-10-30/h3-4,15H,5-14,16H2,1-2H3,(H2,25,26,27). The first-order valence-corrected chi connectivity index (χ1v) is 10.7. The molecule has 2 fully saturated rings. The van der Waals surface area contributed by atoms with Gasteiger partial charge in [0.05, 0.1) is 18.8 Å². The molecule has 0 radical (unpaired) electrons. The van der Waals surface area contributed by atoms with E-state index < -0.39 is 11.7 Å². The smallest absolute Gasteiger partial charge is 0.379 e. The average molecular weight is 443 g/mol. The van der Waals surface area contributed by atoms with E-state index in [9.17, 15) is 13.2 Å². The van der Waals surface area contributed by atoms with E-state index in [0.717, 1.165) is 64.7 Å². The second-order valence-electron chi connectivity index (χ2n) is 7.94. The van der Waals surface area contributed by atoms with Gasteiger partial charge >= 0.3 is 6.18 Å². The summed E-state index contributed by atoms with van der Waals surface area (Å²) in [5, 5.41) is 6.43. The molecule has 1 aromatic carbocycles. The molecular formula is C21H33F3N6O. The number of ether oxygens (including phenoxy) is 1. The lowest BCUT2D eigenvalue weighted by molar-refractivity contribution is -0.137. The summed E-state index contributed by atoms with van der Waals surface area (Å²) in [6.45, 7) is 8.50. The van der Waals surface area contributed by atoms with Crippen LogP contribution in [0.15, 0.2) is 23.2 Å². The van der Waals surface area contributed by atoms with Gasteiger partial charge in [-0.2, -0.15) is 13.2 Å². The fourth-order valence-electron chi connectivity index (χ4n) is 3.82. The van der Waals surface area contributed by atoms with Gasteiger partial charge in [-0.05, 0) is 30.8 Å². The molecule has 0 aromatic heterocycles. The van der Waals surface area contributed by atoms with E-state index in [1.54, 1.807) is 13.1 Å². The molecule has 0 atom stereocenters. The van der Waals surface area contributed by atoms with E-state index in [1.807, 2.05) is 0 Å². The zero-order valence-electron chi connectivity index (χ0n) is 18.3. The Kier molecular flexibility index (Phi) is 8.39. The molecule has 10 heteroatoms. The van der Waals surface area contributed by atoms with Gasteiger partial charge in [-0.25, -0.2) is 0 Å². The Morgan fingerprint density at radius 2 is 1.77 bits per heavy atom. The van der Waals surface area contributed by atoms with Crippen molar-refractivity contribution in [2.24, 2.45) is 4.99 Å². The number of benzene rings is 1. The minimum atomic E-state index is -4.37. The summed E-state index contributed by atoms with van der Waals surface area (Å²) in [4.78, 5) is 10.9. The zero-order chi connectivity index (χ0) is 22.3. The lowest BCUT2D eigenvalue weighted by Gasteiger charge is -2.35. The third-order valence-electron chi connectivity index (χ3n) is 5.74. The van der Waals surface area contributed by atoms with E-state index >= 15 is 0 Å². The SMILES string of the molecule is CN=C(NCCN1CCOCC1)NCc1cc(C(F)(F)F)ccc1N1CCN(C)CC1. The summed E-state index contributed by atoms with van der Waals surface area (Å²) < 4.78 is 45.3. The van der Waals surface area contributed by atoms with Crippen LogP contribution in [0.1, 0.15) is 11.1 Å². The van der Waals surface area contributed by atoms with Crippen LogP contribution in [0.4, 0.5) is 18.9 Å². The molecule has 0 aliphatic carbocycles. The molecule has 3 rings (SSSR count). The molecule has 7 nitrogen and oxygen atoms in total.